The second kappa shape index (κ2) is 20.8. The molecule has 14 heteroatoms. The van der Waals surface area contributed by atoms with Gasteiger partial charge in [-0.05, 0) is 90.9 Å². The van der Waals surface area contributed by atoms with Gasteiger partial charge in [0.25, 0.3) is 0 Å². The minimum absolute atomic E-state index is 0.00817. The molecule has 4 rings (SSSR count). The van der Waals surface area contributed by atoms with Gasteiger partial charge in [0.05, 0.1) is 25.3 Å². The number of nitrogens with one attached hydrogen (secondary N) is 2. The summed E-state index contributed by atoms with van der Waals surface area (Å²) in [5, 5.41) is 25.3. The second-order valence-corrected chi connectivity index (χ2v) is 14.9. The monoisotopic (exact) mass is 736 g/mol. The van der Waals surface area contributed by atoms with Gasteiger partial charge >= 0.3 is 23.9 Å². The lowest BCUT2D eigenvalue weighted by Crippen LogP contribution is -2.55. The van der Waals surface area contributed by atoms with Crippen LogP contribution in [0.2, 0.25) is 0 Å². The van der Waals surface area contributed by atoms with Gasteiger partial charge in [-0.25, -0.2) is 9.59 Å². The molecule has 0 bridgehead atoms. The fourth-order valence-electron chi connectivity index (χ4n) is 8.79. The summed E-state index contributed by atoms with van der Waals surface area (Å²) in [6.07, 6.45) is 11.7. The zero-order valence-electron chi connectivity index (χ0n) is 32.1. The summed E-state index contributed by atoms with van der Waals surface area (Å²) >= 11 is 0. The van der Waals surface area contributed by atoms with Gasteiger partial charge in [0, 0.05) is 12.1 Å². The summed E-state index contributed by atoms with van der Waals surface area (Å²) in [6.45, 7) is 11.4. The SMILES string of the molecule is CCC[C@H](N[C@@H](C)C(=O)N1[C@H](C(=O)O)C[C@@H]2CCCC[C@@H]21)C(=O)OCC.CCC[C@H](N[C@@H](C)C(=O)N1[C@H](C(=O)O)C[C@@H]2CCCC[C@@H]21)C(=O)OCC. The number of hydrogen-bond acceptors (Lipinski definition) is 10. The lowest BCUT2D eigenvalue weighted by Gasteiger charge is -2.35. The average Bonchev–Trinajstić information content (AvgIpc) is 3.71. The number of carbonyl (C=O) groups excluding carboxylic acids is 4. The molecule has 0 unspecified atom stereocenters. The Morgan fingerprint density at radius 2 is 0.962 bits per heavy atom. The predicted molar refractivity (Wildman–Crippen MR) is 193 cm³/mol. The van der Waals surface area contributed by atoms with Gasteiger partial charge in [0.15, 0.2) is 0 Å². The zero-order valence-corrected chi connectivity index (χ0v) is 32.1. The van der Waals surface area contributed by atoms with Crippen molar-refractivity contribution in [1.29, 1.82) is 0 Å². The van der Waals surface area contributed by atoms with E-state index in [4.69, 9.17) is 9.47 Å². The van der Waals surface area contributed by atoms with Crippen molar-refractivity contribution in [2.45, 2.75) is 180 Å². The molecular formula is C38H64N4O10. The highest BCUT2D eigenvalue weighted by atomic mass is 16.5. The third-order valence-electron chi connectivity index (χ3n) is 11.2. The van der Waals surface area contributed by atoms with E-state index in [0.717, 1.165) is 64.2 Å². The number of likely N-dealkylation sites (tertiary alicyclic amines) is 2. The smallest absolute Gasteiger partial charge is 0.326 e. The number of nitrogens with zero attached hydrogens (tertiary/aromatic N) is 2. The van der Waals surface area contributed by atoms with Gasteiger partial charge in [-0.1, -0.05) is 52.4 Å². The molecule has 14 nitrogen and oxygen atoms in total. The number of ether oxygens (including phenoxy) is 2. The second-order valence-electron chi connectivity index (χ2n) is 14.9. The van der Waals surface area contributed by atoms with Gasteiger partial charge in [-0.3, -0.25) is 29.8 Å². The standard InChI is InChI=1S/2C19H32N2O5/c2*1-4-8-14(19(25)26-5-2)20-12(3)17(22)21-15-10-7-6-9-13(15)11-16(21)18(23)24/h2*12-16,20H,4-11H2,1-3H3,(H,23,24)/t2*12-,13-,14-,15-,16-/m00/s1. The molecule has 2 saturated heterocycles. The Hall–Kier alpha value is -3.26. The first-order chi connectivity index (χ1) is 24.8. The van der Waals surface area contributed by atoms with Crippen LogP contribution in [-0.4, -0.2) is 117 Å². The van der Waals surface area contributed by atoms with E-state index in [1.807, 2.05) is 13.8 Å². The van der Waals surface area contributed by atoms with Crippen molar-refractivity contribution in [3.05, 3.63) is 0 Å². The van der Waals surface area contributed by atoms with Crippen LogP contribution in [0.5, 0.6) is 0 Å². The average molecular weight is 737 g/mol. The maximum atomic E-state index is 13.1. The first-order valence-corrected chi connectivity index (χ1v) is 19.8. The Balaban J connectivity index is 0.000000280. The van der Waals surface area contributed by atoms with Crippen LogP contribution in [0.15, 0.2) is 0 Å². The first kappa shape index (κ1) is 43.1. The number of carboxylic acids is 2. The Bertz CT molecular complexity index is 1140. The quantitative estimate of drug-likeness (QED) is 0.168. The summed E-state index contributed by atoms with van der Waals surface area (Å²) in [6, 6.07) is -3.85. The molecule has 4 N–H and O–H groups in total. The number of esters is 2. The molecular weight excluding hydrogens is 672 g/mol. The number of fused-ring (bicyclic) bond motifs is 2. The summed E-state index contributed by atoms with van der Waals surface area (Å²) in [5.41, 5.74) is 0. The highest BCUT2D eigenvalue weighted by Crippen LogP contribution is 2.41. The number of carbonyl (C=O) groups is 6. The van der Waals surface area contributed by atoms with Crippen molar-refractivity contribution < 1.29 is 48.5 Å². The van der Waals surface area contributed by atoms with Crippen LogP contribution in [-0.2, 0) is 38.2 Å². The van der Waals surface area contributed by atoms with E-state index in [0.29, 0.717) is 38.9 Å². The largest absolute Gasteiger partial charge is 0.480 e. The Labute approximate surface area is 309 Å². The van der Waals surface area contributed by atoms with Crippen molar-refractivity contribution in [2.24, 2.45) is 11.8 Å². The summed E-state index contributed by atoms with van der Waals surface area (Å²) < 4.78 is 10.2. The van der Waals surface area contributed by atoms with Crippen molar-refractivity contribution in [3.63, 3.8) is 0 Å². The first-order valence-electron chi connectivity index (χ1n) is 19.8. The molecule has 4 aliphatic rings. The van der Waals surface area contributed by atoms with E-state index in [1.54, 1.807) is 37.5 Å². The van der Waals surface area contributed by atoms with E-state index in [2.05, 4.69) is 10.6 Å². The maximum Gasteiger partial charge on any atom is 0.326 e. The van der Waals surface area contributed by atoms with Crippen molar-refractivity contribution in [1.82, 2.24) is 20.4 Å². The van der Waals surface area contributed by atoms with Crippen LogP contribution in [0, 0.1) is 11.8 Å². The number of rotatable bonds is 16. The van der Waals surface area contributed by atoms with Gasteiger partial charge < -0.3 is 29.5 Å². The molecule has 2 heterocycles. The zero-order chi connectivity index (χ0) is 38.5. The summed E-state index contributed by atoms with van der Waals surface area (Å²) in [5.74, 6) is -2.49. The van der Waals surface area contributed by atoms with Crippen molar-refractivity contribution in [3.8, 4) is 0 Å². The molecule has 0 aromatic rings. The van der Waals surface area contributed by atoms with E-state index >= 15 is 0 Å². The number of carboxylic acid groups (broad SMARTS) is 2. The lowest BCUT2D eigenvalue weighted by molar-refractivity contribution is -0.152. The predicted octanol–water partition coefficient (Wildman–Crippen LogP) is 3.88. The molecule has 0 spiro atoms. The third kappa shape index (κ3) is 10.9. The fourth-order valence-corrected chi connectivity index (χ4v) is 8.79. The molecule has 2 aliphatic carbocycles. The summed E-state index contributed by atoms with van der Waals surface area (Å²) in [4.78, 5) is 77.0. The minimum atomic E-state index is -0.935. The number of hydrogen-bond donors (Lipinski definition) is 4. The Kier molecular flexibility index (Phi) is 17.3. The molecule has 2 saturated carbocycles. The highest BCUT2D eigenvalue weighted by molar-refractivity contribution is 5.89. The van der Waals surface area contributed by atoms with Gasteiger partial charge in [-0.2, -0.15) is 0 Å². The minimum Gasteiger partial charge on any atom is -0.480 e. The van der Waals surface area contributed by atoms with Crippen LogP contribution in [0.1, 0.15) is 131 Å². The normalized spacial score (nSPS) is 27.5. The molecule has 2 amide bonds. The Morgan fingerprint density at radius 3 is 1.27 bits per heavy atom. The van der Waals surface area contributed by atoms with Crippen LogP contribution < -0.4 is 10.6 Å². The van der Waals surface area contributed by atoms with E-state index in [9.17, 15) is 39.0 Å². The Morgan fingerprint density at radius 1 is 0.615 bits per heavy atom. The third-order valence-corrected chi connectivity index (χ3v) is 11.2. The molecule has 0 radical (unpaired) electrons. The molecule has 4 fully saturated rings. The van der Waals surface area contributed by atoms with Gasteiger partial charge in [0.2, 0.25) is 11.8 Å². The van der Waals surface area contributed by atoms with E-state index in [1.165, 1.54) is 0 Å². The van der Waals surface area contributed by atoms with E-state index in [-0.39, 0.29) is 47.7 Å². The summed E-state index contributed by atoms with van der Waals surface area (Å²) in [7, 11) is 0. The van der Waals surface area contributed by atoms with Crippen molar-refractivity contribution in [2.75, 3.05) is 13.2 Å². The molecule has 2 aliphatic heterocycles. The molecule has 0 aromatic heterocycles. The molecule has 0 aromatic carbocycles. The van der Waals surface area contributed by atoms with Crippen LogP contribution in [0.3, 0.4) is 0 Å². The van der Waals surface area contributed by atoms with Crippen LogP contribution in [0.4, 0.5) is 0 Å². The van der Waals surface area contributed by atoms with Crippen molar-refractivity contribution >= 4 is 35.7 Å². The lowest BCUT2D eigenvalue weighted by atomic mass is 9.84. The maximum absolute atomic E-state index is 13.1. The molecule has 296 valence electrons. The van der Waals surface area contributed by atoms with E-state index < -0.39 is 48.2 Å². The number of amides is 2. The van der Waals surface area contributed by atoms with Gasteiger partial charge in [0.1, 0.15) is 24.2 Å². The number of aliphatic carboxylic acids is 2. The molecule has 10 atom stereocenters. The van der Waals surface area contributed by atoms with Crippen LogP contribution in [0.25, 0.3) is 0 Å². The molecule has 52 heavy (non-hydrogen) atoms. The topological polar surface area (TPSA) is 192 Å². The van der Waals surface area contributed by atoms with Crippen LogP contribution >= 0.6 is 0 Å². The van der Waals surface area contributed by atoms with Gasteiger partial charge in [-0.15, -0.1) is 0 Å². The fraction of sp³-hybridized carbons (Fsp3) is 0.842. The highest BCUT2D eigenvalue weighted by Gasteiger charge is 2.50.